The van der Waals surface area contributed by atoms with Gasteiger partial charge in [0.2, 0.25) is 5.89 Å². The Hall–Kier alpha value is -3.38. The van der Waals surface area contributed by atoms with Crippen molar-refractivity contribution in [1.82, 2.24) is 9.88 Å². The maximum absolute atomic E-state index is 13.2. The van der Waals surface area contributed by atoms with E-state index in [2.05, 4.69) is 10.3 Å². The zero-order chi connectivity index (χ0) is 21.4. The van der Waals surface area contributed by atoms with E-state index in [1.165, 1.54) is 12.1 Å². The third kappa shape index (κ3) is 3.99. The maximum atomic E-state index is 13.2. The molecule has 2 heterocycles. The lowest BCUT2D eigenvalue weighted by Crippen LogP contribution is -2.34. The second kappa shape index (κ2) is 8.04. The number of nitrogens with one attached hydrogen (secondary N) is 1. The van der Waals surface area contributed by atoms with Crippen LogP contribution in [-0.2, 0) is 0 Å². The van der Waals surface area contributed by atoms with Crippen molar-refractivity contribution in [3.63, 3.8) is 0 Å². The highest BCUT2D eigenvalue weighted by molar-refractivity contribution is 6.30. The molecule has 3 aromatic carbocycles. The molecule has 1 fully saturated rings. The molecule has 5 rings (SSSR count). The summed E-state index contributed by atoms with van der Waals surface area (Å²) in [5, 5.41) is 3.46. The lowest BCUT2D eigenvalue weighted by molar-refractivity contribution is 0.199. The Morgan fingerprint density at radius 3 is 2.71 bits per heavy atom. The summed E-state index contributed by atoms with van der Waals surface area (Å²) in [5.41, 5.74) is 3.83. The Balaban J connectivity index is 1.40. The number of fused-ring (bicyclic) bond motifs is 1. The van der Waals surface area contributed by atoms with Crippen molar-refractivity contribution in [3.05, 3.63) is 83.5 Å². The zero-order valence-electron chi connectivity index (χ0n) is 16.5. The number of halogens is 2. The van der Waals surface area contributed by atoms with Crippen molar-refractivity contribution in [2.75, 3.05) is 11.9 Å². The summed E-state index contributed by atoms with van der Waals surface area (Å²) in [6.07, 6.45) is 1.65. The Kier molecular flexibility index (Phi) is 5.08. The largest absolute Gasteiger partial charge is 0.438 e. The van der Waals surface area contributed by atoms with Crippen molar-refractivity contribution >= 4 is 34.4 Å². The molecule has 1 N–H and O–H groups in total. The molecule has 4 aromatic rings. The Morgan fingerprint density at radius 1 is 1.10 bits per heavy atom. The molecule has 2 amide bonds. The van der Waals surface area contributed by atoms with Crippen LogP contribution in [0.25, 0.3) is 22.2 Å². The van der Waals surface area contributed by atoms with Gasteiger partial charge >= 0.3 is 6.03 Å². The summed E-state index contributed by atoms with van der Waals surface area (Å²) in [6.45, 7) is 0.622. The van der Waals surface area contributed by atoms with Crippen molar-refractivity contribution in [3.8, 4) is 11.1 Å². The Morgan fingerprint density at radius 2 is 1.90 bits per heavy atom. The van der Waals surface area contributed by atoms with Crippen LogP contribution in [0.2, 0.25) is 5.02 Å². The van der Waals surface area contributed by atoms with Crippen LogP contribution < -0.4 is 5.32 Å². The number of carbonyl (C=O) groups excluding carboxylic acids is 1. The van der Waals surface area contributed by atoms with E-state index in [9.17, 15) is 9.18 Å². The van der Waals surface area contributed by atoms with Gasteiger partial charge in [0.25, 0.3) is 0 Å². The second-order valence-electron chi connectivity index (χ2n) is 7.53. The first kappa shape index (κ1) is 19.6. The zero-order valence-corrected chi connectivity index (χ0v) is 17.3. The number of anilines is 1. The third-order valence-corrected chi connectivity index (χ3v) is 5.69. The number of nitrogens with zero attached hydrogens (tertiary/aromatic N) is 2. The number of hydrogen-bond donors (Lipinski definition) is 1. The lowest BCUT2D eigenvalue weighted by Gasteiger charge is -2.22. The van der Waals surface area contributed by atoms with Crippen molar-refractivity contribution < 1.29 is 13.6 Å². The summed E-state index contributed by atoms with van der Waals surface area (Å²) in [6, 6.07) is 18.6. The van der Waals surface area contributed by atoms with Crippen LogP contribution in [0.3, 0.4) is 0 Å². The van der Waals surface area contributed by atoms with Crippen molar-refractivity contribution in [1.29, 1.82) is 0 Å². The highest BCUT2D eigenvalue weighted by atomic mass is 35.5. The third-order valence-electron chi connectivity index (χ3n) is 5.46. The van der Waals surface area contributed by atoms with Gasteiger partial charge in [-0.2, -0.15) is 0 Å². The quantitative estimate of drug-likeness (QED) is 0.391. The van der Waals surface area contributed by atoms with E-state index in [-0.39, 0.29) is 17.9 Å². The number of benzene rings is 3. The number of hydrogen-bond acceptors (Lipinski definition) is 3. The summed E-state index contributed by atoms with van der Waals surface area (Å²) < 4.78 is 19.2. The van der Waals surface area contributed by atoms with Crippen LogP contribution in [0.15, 0.2) is 71.1 Å². The van der Waals surface area contributed by atoms with E-state index in [0.29, 0.717) is 34.2 Å². The molecule has 156 valence electrons. The number of likely N-dealkylation sites (tertiary alicyclic amines) is 1. The van der Waals surface area contributed by atoms with Crippen LogP contribution in [0, 0.1) is 5.82 Å². The van der Waals surface area contributed by atoms with E-state index in [1.54, 1.807) is 41.3 Å². The summed E-state index contributed by atoms with van der Waals surface area (Å²) >= 11 is 6.01. The second-order valence-corrected chi connectivity index (χ2v) is 7.97. The molecule has 5 nitrogen and oxygen atoms in total. The van der Waals surface area contributed by atoms with Crippen LogP contribution in [0.1, 0.15) is 24.8 Å². The Labute approximate surface area is 183 Å². The first-order valence-corrected chi connectivity index (χ1v) is 10.4. The van der Waals surface area contributed by atoms with E-state index in [1.807, 2.05) is 18.2 Å². The minimum Gasteiger partial charge on any atom is -0.438 e. The number of aromatic nitrogens is 1. The standard InChI is InChI=1S/C24H19ClFN3O2/c25-17-3-1-4-19(14-17)27-24(30)29-12-2-5-21(29)23-28-20-13-16(8-11-22(20)31-23)15-6-9-18(26)10-7-15/h1,3-4,6-11,13-14,21H,2,5,12H2,(H,27,30)/t21-/m0/s1. The fourth-order valence-corrected chi connectivity index (χ4v) is 4.13. The molecule has 0 aliphatic carbocycles. The number of urea groups is 1. The molecule has 1 atom stereocenters. The van der Waals surface area contributed by atoms with Gasteiger partial charge in [-0.25, -0.2) is 14.2 Å². The maximum Gasteiger partial charge on any atom is 0.322 e. The van der Waals surface area contributed by atoms with Gasteiger partial charge < -0.3 is 14.6 Å². The van der Waals surface area contributed by atoms with Gasteiger partial charge in [-0.3, -0.25) is 0 Å². The molecule has 31 heavy (non-hydrogen) atoms. The van der Waals surface area contributed by atoms with Gasteiger partial charge in [-0.15, -0.1) is 0 Å². The lowest BCUT2D eigenvalue weighted by atomic mass is 10.1. The van der Waals surface area contributed by atoms with Crippen LogP contribution in [0.4, 0.5) is 14.9 Å². The monoisotopic (exact) mass is 435 g/mol. The van der Waals surface area contributed by atoms with Crippen LogP contribution in [0.5, 0.6) is 0 Å². The number of carbonyl (C=O) groups is 1. The first-order chi connectivity index (χ1) is 15.1. The van der Waals surface area contributed by atoms with Crippen LogP contribution >= 0.6 is 11.6 Å². The van der Waals surface area contributed by atoms with Gasteiger partial charge in [0.15, 0.2) is 5.58 Å². The molecule has 0 spiro atoms. The average molecular weight is 436 g/mol. The fraction of sp³-hybridized carbons (Fsp3) is 0.167. The predicted molar refractivity (Wildman–Crippen MR) is 119 cm³/mol. The van der Waals surface area contributed by atoms with Crippen molar-refractivity contribution in [2.45, 2.75) is 18.9 Å². The average Bonchev–Trinajstić information content (AvgIpc) is 3.40. The first-order valence-electron chi connectivity index (χ1n) is 10.1. The fourth-order valence-electron chi connectivity index (χ4n) is 3.94. The van der Waals surface area contributed by atoms with Gasteiger partial charge in [0.05, 0.1) is 0 Å². The molecule has 7 heteroatoms. The number of rotatable bonds is 3. The molecular weight excluding hydrogens is 417 g/mol. The normalized spacial score (nSPS) is 16.1. The highest BCUT2D eigenvalue weighted by Gasteiger charge is 2.33. The molecule has 0 radical (unpaired) electrons. The van der Waals surface area contributed by atoms with E-state index in [0.717, 1.165) is 24.0 Å². The topological polar surface area (TPSA) is 58.4 Å². The summed E-state index contributed by atoms with van der Waals surface area (Å²) in [7, 11) is 0. The minimum atomic E-state index is -0.272. The van der Waals surface area contributed by atoms with E-state index in [4.69, 9.17) is 16.0 Å². The minimum absolute atomic E-state index is 0.209. The number of oxazole rings is 1. The molecule has 0 unspecified atom stereocenters. The van der Waals surface area contributed by atoms with E-state index >= 15 is 0 Å². The highest BCUT2D eigenvalue weighted by Crippen LogP contribution is 2.35. The number of amides is 2. The Bertz CT molecular complexity index is 1260. The van der Waals surface area contributed by atoms with Gasteiger partial charge in [-0.1, -0.05) is 35.9 Å². The summed E-state index contributed by atoms with van der Waals surface area (Å²) in [4.78, 5) is 19.3. The molecule has 1 aromatic heterocycles. The molecule has 1 aliphatic rings. The van der Waals surface area contributed by atoms with Gasteiger partial charge in [-0.05, 0) is 66.4 Å². The molecule has 0 saturated carbocycles. The van der Waals surface area contributed by atoms with Crippen LogP contribution in [-0.4, -0.2) is 22.5 Å². The van der Waals surface area contributed by atoms with Gasteiger partial charge in [0, 0.05) is 17.3 Å². The molecular formula is C24H19ClFN3O2. The SMILES string of the molecule is O=C(Nc1cccc(Cl)c1)N1CCC[C@H]1c1nc2cc(-c3ccc(F)cc3)ccc2o1. The molecule has 1 saturated heterocycles. The predicted octanol–water partition coefficient (Wildman–Crippen LogP) is 6.66. The molecule has 1 aliphatic heterocycles. The smallest absolute Gasteiger partial charge is 0.322 e. The van der Waals surface area contributed by atoms with E-state index < -0.39 is 0 Å². The molecule has 0 bridgehead atoms. The summed E-state index contributed by atoms with van der Waals surface area (Å²) in [5.74, 6) is 0.246. The van der Waals surface area contributed by atoms with Crippen molar-refractivity contribution in [2.24, 2.45) is 0 Å². The van der Waals surface area contributed by atoms with Gasteiger partial charge in [0.1, 0.15) is 17.4 Å².